The Morgan fingerprint density at radius 2 is 1.95 bits per heavy atom. The summed E-state index contributed by atoms with van der Waals surface area (Å²) in [5.41, 5.74) is 0.854. The minimum atomic E-state index is -1.06. The number of urea groups is 1. The third kappa shape index (κ3) is 5.25. The van der Waals surface area contributed by atoms with Crippen molar-refractivity contribution >= 4 is 12.0 Å². The molecule has 0 saturated heterocycles. The largest absolute Gasteiger partial charge is 0.480 e. The molecule has 1 rings (SSSR count). The fraction of sp³-hybridized carbons (Fsp3) is 0.286. The molecule has 0 fully saturated rings. The van der Waals surface area contributed by atoms with Crippen molar-refractivity contribution in [1.82, 2.24) is 10.6 Å². The standard InChI is InChI=1S/C14H18N2O3/c1-3-10(2)15-14(19)16-12(13(17)18)9-11-7-5-4-6-8-11/h3-8,10,12H,1,9H2,2H3,(H,17,18)(H2,15,16,19)/t10?,12-/m0/s1. The molecule has 1 aromatic rings. The quantitative estimate of drug-likeness (QED) is 0.681. The Morgan fingerprint density at radius 3 is 2.47 bits per heavy atom. The Morgan fingerprint density at radius 1 is 1.32 bits per heavy atom. The molecule has 102 valence electrons. The lowest BCUT2D eigenvalue weighted by molar-refractivity contribution is -0.139. The van der Waals surface area contributed by atoms with E-state index in [1.165, 1.54) is 0 Å². The molecule has 0 spiro atoms. The van der Waals surface area contributed by atoms with Gasteiger partial charge in [0.05, 0.1) is 0 Å². The third-order valence-corrected chi connectivity index (χ3v) is 2.60. The summed E-state index contributed by atoms with van der Waals surface area (Å²) in [7, 11) is 0. The Hall–Kier alpha value is -2.30. The molecule has 0 aliphatic carbocycles. The maximum absolute atomic E-state index is 11.6. The van der Waals surface area contributed by atoms with E-state index in [1.807, 2.05) is 30.3 Å². The Labute approximate surface area is 112 Å². The van der Waals surface area contributed by atoms with Crippen molar-refractivity contribution < 1.29 is 14.7 Å². The van der Waals surface area contributed by atoms with Crippen molar-refractivity contribution in [3.05, 3.63) is 48.6 Å². The summed E-state index contributed by atoms with van der Waals surface area (Å²) in [6.07, 6.45) is 1.80. The van der Waals surface area contributed by atoms with Crippen LogP contribution in [0.4, 0.5) is 4.79 Å². The van der Waals surface area contributed by atoms with Crippen molar-refractivity contribution in [3.8, 4) is 0 Å². The predicted molar refractivity (Wildman–Crippen MR) is 72.9 cm³/mol. The average molecular weight is 262 g/mol. The number of nitrogens with one attached hydrogen (secondary N) is 2. The minimum absolute atomic E-state index is 0.217. The van der Waals surface area contributed by atoms with E-state index in [9.17, 15) is 9.59 Å². The van der Waals surface area contributed by atoms with E-state index in [0.29, 0.717) is 0 Å². The maximum Gasteiger partial charge on any atom is 0.326 e. The number of carbonyl (C=O) groups excluding carboxylic acids is 1. The van der Waals surface area contributed by atoms with Crippen LogP contribution in [-0.2, 0) is 11.2 Å². The van der Waals surface area contributed by atoms with Crippen LogP contribution in [0.3, 0.4) is 0 Å². The molecule has 5 nitrogen and oxygen atoms in total. The zero-order chi connectivity index (χ0) is 14.3. The van der Waals surface area contributed by atoms with Gasteiger partial charge in [-0.1, -0.05) is 36.4 Å². The summed E-state index contributed by atoms with van der Waals surface area (Å²) in [6, 6.07) is 7.46. The summed E-state index contributed by atoms with van der Waals surface area (Å²) in [6.45, 7) is 5.29. The molecular formula is C14H18N2O3. The highest BCUT2D eigenvalue weighted by molar-refractivity contribution is 5.82. The van der Waals surface area contributed by atoms with Gasteiger partial charge in [-0.15, -0.1) is 6.58 Å². The number of rotatable bonds is 6. The van der Waals surface area contributed by atoms with Crippen LogP contribution in [0.25, 0.3) is 0 Å². The monoisotopic (exact) mass is 262 g/mol. The molecule has 0 radical (unpaired) electrons. The smallest absolute Gasteiger partial charge is 0.326 e. The highest BCUT2D eigenvalue weighted by Gasteiger charge is 2.20. The van der Waals surface area contributed by atoms with Crippen molar-refractivity contribution in [2.24, 2.45) is 0 Å². The van der Waals surface area contributed by atoms with Gasteiger partial charge in [-0.3, -0.25) is 0 Å². The molecule has 0 aromatic heterocycles. The molecule has 1 unspecified atom stereocenters. The van der Waals surface area contributed by atoms with Gasteiger partial charge in [-0.25, -0.2) is 9.59 Å². The lowest BCUT2D eigenvalue weighted by atomic mass is 10.1. The number of carbonyl (C=O) groups is 2. The van der Waals surface area contributed by atoms with Gasteiger partial charge in [0.1, 0.15) is 6.04 Å². The van der Waals surface area contributed by atoms with Crippen LogP contribution in [0.5, 0.6) is 0 Å². The van der Waals surface area contributed by atoms with Gasteiger partial charge in [0.25, 0.3) is 0 Å². The van der Waals surface area contributed by atoms with Crippen molar-refractivity contribution in [2.45, 2.75) is 25.4 Å². The van der Waals surface area contributed by atoms with Crippen molar-refractivity contribution in [3.63, 3.8) is 0 Å². The average Bonchev–Trinajstić information content (AvgIpc) is 2.38. The molecule has 2 amide bonds. The van der Waals surface area contributed by atoms with E-state index in [0.717, 1.165) is 5.56 Å². The normalized spacial score (nSPS) is 13.1. The first-order valence-electron chi connectivity index (χ1n) is 5.99. The summed E-state index contributed by atoms with van der Waals surface area (Å²) in [5.74, 6) is -1.06. The summed E-state index contributed by atoms with van der Waals surface area (Å²) < 4.78 is 0. The lowest BCUT2D eigenvalue weighted by Crippen LogP contribution is -2.48. The zero-order valence-corrected chi connectivity index (χ0v) is 10.8. The van der Waals surface area contributed by atoms with Crippen LogP contribution in [0.2, 0.25) is 0 Å². The molecule has 0 saturated carbocycles. The molecule has 0 bridgehead atoms. The molecular weight excluding hydrogens is 244 g/mol. The molecule has 0 aliphatic rings. The molecule has 0 heterocycles. The molecule has 19 heavy (non-hydrogen) atoms. The fourth-order valence-electron chi connectivity index (χ4n) is 1.52. The Bertz CT molecular complexity index is 445. The number of aliphatic carboxylic acids is 1. The second-order valence-electron chi connectivity index (χ2n) is 4.22. The first-order valence-corrected chi connectivity index (χ1v) is 5.99. The van der Waals surface area contributed by atoms with Crippen molar-refractivity contribution in [2.75, 3.05) is 0 Å². The highest BCUT2D eigenvalue weighted by Crippen LogP contribution is 2.03. The van der Waals surface area contributed by atoms with Gasteiger partial charge < -0.3 is 15.7 Å². The number of amides is 2. The zero-order valence-electron chi connectivity index (χ0n) is 10.8. The van der Waals surface area contributed by atoms with Gasteiger partial charge in [0.2, 0.25) is 0 Å². The molecule has 3 N–H and O–H groups in total. The first kappa shape index (κ1) is 14.8. The van der Waals surface area contributed by atoms with Gasteiger partial charge in [-0.2, -0.15) is 0 Å². The number of hydrogen-bond donors (Lipinski definition) is 3. The fourth-order valence-corrected chi connectivity index (χ4v) is 1.52. The van der Waals surface area contributed by atoms with Crippen LogP contribution < -0.4 is 10.6 Å². The van der Waals surface area contributed by atoms with Crippen LogP contribution in [-0.4, -0.2) is 29.2 Å². The molecule has 0 aliphatic heterocycles. The van der Waals surface area contributed by atoms with Crippen molar-refractivity contribution in [1.29, 1.82) is 0 Å². The third-order valence-electron chi connectivity index (χ3n) is 2.60. The highest BCUT2D eigenvalue weighted by atomic mass is 16.4. The Kier molecular flexibility index (Phi) is 5.60. The van der Waals surface area contributed by atoms with Crippen LogP contribution in [0.1, 0.15) is 12.5 Å². The van der Waals surface area contributed by atoms with Crippen LogP contribution in [0.15, 0.2) is 43.0 Å². The summed E-state index contributed by atoms with van der Waals surface area (Å²) in [4.78, 5) is 22.7. The molecule has 2 atom stereocenters. The topological polar surface area (TPSA) is 78.4 Å². The van der Waals surface area contributed by atoms with E-state index >= 15 is 0 Å². The van der Waals surface area contributed by atoms with Crippen LogP contribution in [0, 0.1) is 0 Å². The lowest BCUT2D eigenvalue weighted by Gasteiger charge is -2.16. The van der Waals surface area contributed by atoms with E-state index in [2.05, 4.69) is 17.2 Å². The Balaban J connectivity index is 2.61. The second kappa shape index (κ2) is 7.20. The van der Waals surface area contributed by atoms with Gasteiger partial charge in [0.15, 0.2) is 0 Å². The van der Waals surface area contributed by atoms with Crippen LogP contribution >= 0.6 is 0 Å². The number of carboxylic acids is 1. The molecule has 5 heteroatoms. The SMILES string of the molecule is C=CC(C)NC(=O)N[C@@H](Cc1ccccc1)C(=O)O. The van der Waals surface area contributed by atoms with E-state index < -0.39 is 18.0 Å². The first-order chi connectivity index (χ1) is 9.02. The van der Waals surface area contributed by atoms with E-state index in [1.54, 1.807) is 13.0 Å². The second-order valence-corrected chi connectivity index (χ2v) is 4.22. The van der Waals surface area contributed by atoms with Gasteiger partial charge in [0, 0.05) is 12.5 Å². The van der Waals surface area contributed by atoms with E-state index in [4.69, 9.17) is 5.11 Å². The number of hydrogen-bond acceptors (Lipinski definition) is 2. The van der Waals surface area contributed by atoms with E-state index in [-0.39, 0.29) is 12.5 Å². The minimum Gasteiger partial charge on any atom is -0.480 e. The number of carboxylic acid groups (broad SMARTS) is 1. The summed E-state index contributed by atoms with van der Waals surface area (Å²) >= 11 is 0. The number of benzene rings is 1. The summed E-state index contributed by atoms with van der Waals surface area (Å²) in [5, 5.41) is 14.1. The predicted octanol–water partition coefficient (Wildman–Crippen LogP) is 1.56. The van der Waals surface area contributed by atoms with Gasteiger partial charge >= 0.3 is 12.0 Å². The van der Waals surface area contributed by atoms with Gasteiger partial charge in [-0.05, 0) is 12.5 Å². The maximum atomic E-state index is 11.6. The molecule has 1 aromatic carbocycles.